The summed E-state index contributed by atoms with van der Waals surface area (Å²) in [5, 5.41) is 3.80. The van der Waals surface area contributed by atoms with Crippen LogP contribution < -0.4 is 10.3 Å². The molecule has 3 rings (SSSR count). The Labute approximate surface area is 137 Å². The molecule has 0 unspecified atom stereocenters. The molecular weight excluding hydrogens is 312 g/mol. The Balaban J connectivity index is 1.76. The van der Waals surface area contributed by atoms with E-state index in [9.17, 15) is 4.79 Å². The minimum atomic E-state index is -0.101. The summed E-state index contributed by atoms with van der Waals surface area (Å²) in [6.07, 6.45) is 1.73. The minimum Gasteiger partial charge on any atom is -0.497 e. The van der Waals surface area contributed by atoms with Gasteiger partial charge in [0.15, 0.2) is 5.16 Å². The summed E-state index contributed by atoms with van der Waals surface area (Å²) in [5.74, 6) is 1.35. The third-order valence-electron chi connectivity index (χ3n) is 3.23. The standard InChI is InChI=1S/C16H16N4O2S/c1-11-7-8-17-16(18-11)23-10-12-9-15(21)20(19-12)13-3-5-14(22-2)6-4-13/h3-9,19H,10H2,1-2H3. The smallest absolute Gasteiger partial charge is 0.271 e. The van der Waals surface area contributed by atoms with Crippen molar-refractivity contribution in [3.8, 4) is 11.4 Å². The van der Waals surface area contributed by atoms with Crippen LogP contribution in [0.4, 0.5) is 0 Å². The number of hydrogen-bond acceptors (Lipinski definition) is 5. The van der Waals surface area contributed by atoms with Crippen LogP contribution >= 0.6 is 11.8 Å². The highest BCUT2D eigenvalue weighted by atomic mass is 32.2. The molecule has 0 aliphatic rings. The van der Waals surface area contributed by atoms with Gasteiger partial charge in [0.2, 0.25) is 0 Å². The van der Waals surface area contributed by atoms with E-state index in [-0.39, 0.29) is 5.56 Å². The van der Waals surface area contributed by atoms with Crippen LogP contribution in [-0.4, -0.2) is 26.9 Å². The number of rotatable bonds is 5. The lowest BCUT2D eigenvalue weighted by molar-refractivity contribution is 0.414. The van der Waals surface area contributed by atoms with Gasteiger partial charge >= 0.3 is 0 Å². The zero-order chi connectivity index (χ0) is 16.2. The van der Waals surface area contributed by atoms with Crippen molar-refractivity contribution in [2.75, 3.05) is 7.11 Å². The maximum atomic E-state index is 12.1. The second-order valence-corrected chi connectivity index (χ2v) is 5.86. The monoisotopic (exact) mass is 328 g/mol. The molecule has 1 aromatic carbocycles. The van der Waals surface area contributed by atoms with Gasteiger partial charge in [-0.05, 0) is 37.3 Å². The number of aromatic nitrogens is 4. The largest absolute Gasteiger partial charge is 0.497 e. The fraction of sp³-hybridized carbons (Fsp3) is 0.188. The number of methoxy groups -OCH3 is 1. The first-order valence-electron chi connectivity index (χ1n) is 7.03. The van der Waals surface area contributed by atoms with E-state index in [2.05, 4.69) is 15.1 Å². The molecule has 2 heterocycles. The van der Waals surface area contributed by atoms with Crippen LogP contribution in [0.5, 0.6) is 5.75 Å². The molecule has 23 heavy (non-hydrogen) atoms. The van der Waals surface area contributed by atoms with Crippen LogP contribution in [0.25, 0.3) is 5.69 Å². The van der Waals surface area contributed by atoms with Crippen molar-refractivity contribution in [1.82, 2.24) is 19.7 Å². The van der Waals surface area contributed by atoms with Gasteiger partial charge in [-0.25, -0.2) is 14.6 Å². The molecule has 0 saturated heterocycles. The molecule has 0 spiro atoms. The van der Waals surface area contributed by atoms with Crippen molar-refractivity contribution in [3.63, 3.8) is 0 Å². The van der Waals surface area contributed by atoms with Crippen LogP contribution in [0, 0.1) is 6.92 Å². The molecule has 0 saturated carbocycles. The number of nitrogens with one attached hydrogen (secondary N) is 1. The zero-order valence-electron chi connectivity index (χ0n) is 12.8. The molecule has 118 valence electrons. The molecule has 2 aromatic heterocycles. The first-order chi connectivity index (χ1) is 11.2. The number of H-pyrrole nitrogens is 1. The highest BCUT2D eigenvalue weighted by Gasteiger charge is 2.07. The van der Waals surface area contributed by atoms with Crippen molar-refractivity contribution < 1.29 is 4.74 Å². The van der Waals surface area contributed by atoms with Gasteiger partial charge in [0.05, 0.1) is 12.8 Å². The van der Waals surface area contributed by atoms with Crippen LogP contribution in [0.3, 0.4) is 0 Å². The average Bonchev–Trinajstić information content (AvgIpc) is 2.94. The maximum absolute atomic E-state index is 12.1. The van der Waals surface area contributed by atoms with E-state index < -0.39 is 0 Å². The van der Waals surface area contributed by atoms with E-state index in [0.29, 0.717) is 10.9 Å². The van der Waals surface area contributed by atoms with Gasteiger partial charge in [-0.2, -0.15) is 0 Å². The summed E-state index contributed by atoms with van der Waals surface area (Å²) in [6, 6.07) is 10.7. The number of ether oxygens (including phenoxy) is 1. The van der Waals surface area contributed by atoms with E-state index >= 15 is 0 Å². The zero-order valence-corrected chi connectivity index (χ0v) is 13.6. The van der Waals surface area contributed by atoms with E-state index in [4.69, 9.17) is 4.74 Å². The van der Waals surface area contributed by atoms with Gasteiger partial charge in [0, 0.05) is 29.4 Å². The fourth-order valence-corrected chi connectivity index (χ4v) is 2.86. The Bertz CT molecular complexity index is 855. The van der Waals surface area contributed by atoms with E-state index in [1.807, 2.05) is 37.3 Å². The van der Waals surface area contributed by atoms with Gasteiger partial charge in [0.25, 0.3) is 5.56 Å². The molecular formula is C16H16N4O2S. The fourth-order valence-electron chi connectivity index (χ4n) is 2.08. The van der Waals surface area contributed by atoms with E-state index in [0.717, 1.165) is 22.8 Å². The predicted molar refractivity (Wildman–Crippen MR) is 89.3 cm³/mol. The molecule has 0 amide bonds. The topological polar surface area (TPSA) is 72.8 Å². The van der Waals surface area contributed by atoms with Crippen molar-refractivity contribution in [2.45, 2.75) is 17.8 Å². The van der Waals surface area contributed by atoms with Gasteiger partial charge < -0.3 is 4.74 Å². The lowest BCUT2D eigenvalue weighted by Gasteiger charge is -2.04. The number of thioether (sulfide) groups is 1. The number of benzene rings is 1. The SMILES string of the molecule is COc1ccc(-n2[nH]c(CSc3nccc(C)n3)cc2=O)cc1. The lowest BCUT2D eigenvalue weighted by Crippen LogP contribution is -2.13. The quantitative estimate of drug-likeness (QED) is 0.575. The van der Waals surface area contributed by atoms with E-state index in [1.165, 1.54) is 16.4 Å². The van der Waals surface area contributed by atoms with Gasteiger partial charge in [-0.3, -0.25) is 9.89 Å². The summed E-state index contributed by atoms with van der Waals surface area (Å²) >= 11 is 1.49. The molecule has 0 atom stereocenters. The molecule has 0 fully saturated rings. The van der Waals surface area contributed by atoms with Crippen LogP contribution in [0.1, 0.15) is 11.4 Å². The maximum Gasteiger partial charge on any atom is 0.271 e. The Kier molecular flexibility index (Phi) is 4.47. The summed E-state index contributed by atoms with van der Waals surface area (Å²) in [6.45, 7) is 1.92. The van der Waals surface area contributed by atoms with Crippen LogP contribution in [-0.2, 0) is 5.75 Å². The Morgan fingerprint density at radius 1 is 1.26 bits per heavy atom. The van der Waals surface area contributed by atoms with Crippen LogP contribution in [0.15, 0.2) is 52.5 Å². The average molecular weight is 328 g/mol. The number of aryl methyl sites for hydroxylation is 1. The first-order valence-corrected chi connectivity index (χ1v) is 8.02. The lowest BCUT2D eigenvalue weighted by atomic mass is 10.3. The molecule has 0 aliphatic carbocycles. The molecule has 0 aliphatic heterocycles. The van der Waals surface area contributed by atoms with Gasteiger partial charge in [-0.15, -0.1) is 0 Å². The third-order valence-corrected chi connectivity index (χ3v) is 4.14. The van der Waals surface area contributed by atoms with Crippen molar-refractivity contribution in [2.24, 2.45) is 0 Å². The predicted octanol–water partition coefficient (Wildman–Crippen LogP) is 2.56. The minimum absolute atomic E-state index is 0.101. The Morgan fingerprint density at radius 3 is 2.74 bits per heavy atom. The second kappa shape index (κ2) is 6.70. The van der Waals surface area contributed by atoms with Crippen molar-refractivity contribution in [3.05, 3.63) is 64.3 Å². The molecule has 1 N–H and O–H groups in total. The summed E-state index contributed by atoms with van der Waals surface area (Å²) in [4.78, 5) is 20.7. The van der Waals surface area contributed by atoms with Crippen molar-refractivity contribution in [1.29, 1.82) is 0 Å². The number of nitrogens with zero attached hydrogens (tertiary/aromatic N) is 3. The van der Waals surface area contributed by atoms with Gasteiger partial charge in [0.1, 0.15) is 5.75 Å². The first kappa shape index (κ1) is 15.4. The molecule has 0 bridgehead atoms. The Hall–Kier alpha value is -2.54. The number of aromatic amines is 1. The Morgan fingerprint density at radius 2 is 2.04 bits per heavy atom. The highest BCUT2D eigenvalue weighted by Crippen LogP contribution is 2.18. The third kappa shape index (κ3) is 3.62. The molecule has 0 radical (unpaired) electrons. The van der Waals surface area contributed by atoms with E-state index in [1.54, 1.807) is 19.4 Å². The highest BCUT2D eigenvalue weighted by molar-refractivity contribution is 7.98. The summed E-state index contributed by atoms with van der Waals surface area (Å²) < 4.78 is 6.63. The second-order valence-electron chi connectivity index (χ2n) is 4.92. The number of hydrogen-bond donors (Lipinski definition) is 1. The normalized spacial score (nSPS) is 10.7. The molecule has 3 aromatic rings. The molecule has 7 heteroatoms. The summed E-state index contributed by atoms with van der Waals surface area (Å²) in [7, 11) is 1.61. The summed E-state index contributed by atoms with van der Waals surface area (Å²) in [5.41, 5.74) is 2.41. The van der Waals surface area contributed by atoms with Gasteiger partial charge in [-0.1, -0.05) is 11.8 Å². The van der Waals surface area contributed by atoms with Crippen molar-refractivity contribution >= 4 is 11.8 Å². The molecule has 6 nitrogen and oxygen atoms in total. The van der Waals surface area contributed by atoms with Crippen LogP contribution in [0.2, 0.25) is 0 Å².